The second-order valence-electron chi connectivity index (χ2n) is 5.05. The van der Waals surface area contributed by atoms with Crippen molar-refractivity contribution in [3.05, 3.63) is 34.9 Å². The van der Waals surface area contributed by atoms with E-state index in [2.05, 4.69) is 14.5 Å². The summed E-state index contributed by atoms with van der Waals surface area (Å²) >= 11 is 0. The minimum atomic E-state index is -2.18. The van der Waals surface area contributed by atoms with Gasteiger partial charge in [-0.1, -0.05) is 0 Å². The van der Waals surface area contributed by atoms with E-state index >= 15 is 0 Å². The van der Waals surface area contributed by atoms with Gasteiger partial charge in [0.1, 0.15) is 0 Å². The van der Waals surface area contributed by atoms with Crippen molar-refractivity contribution >= 4 is 23.9 Å². The van der Waals surface area contributed by atoms with Crippen LogP contribution in [0.25, 0.3) is 0 Å². The predicted octanol–water partition coefficient (Wildman–Crippen LogP) is 2.63. The second kappa shape index (κ2) is 10.4. The summed E-state index contributed by atoms with van der Waals surface area (Å²) in [5.74, 6) is -12.9. The summed E-state index contributed by atoms with van der Waals surface area (Å²) in [4.78, 5) is 39.2. The van der Waals surface area contributed by atoms with Gasteiger partial charge in [0, 0.05) is 12.8 Å². The summed E-state index contributed by atoms with van der Waals surface area (Å²) in [7, 11) is 0. The maximum atomic E-state index is 13.8. The minimum absolute atomic E-state index is 0.131. The van der Waals surface area contributed by atoms with Crippen molar-refractivity contribution in [1.82, 2.24) is 0 Å². The molecule has 0 bridgehead atoms. The number of aliphatic imine (C=N–C) groups is 1. The molecule has 0 aliphatic rings. The predicted molar refractivity (Wildman–Crippen MR) is 85.3 cm³/mol. The van der Waals surface area contributed by atoms with Crippen molar-refractivity contribution in [3.63, 3.8) is 0 Å². The molecule has 1 aromatic carbocycles. The fourth-order valence-corrected chi connectivity index (χ4v) is 1.96. The number of hydrogen-bond donors (Lipinski definition) is 0. The van der Waals surface area contributed by atoms with Gasteiger partial charge in [0.15, 0.2) is 35.0 Å². The summed E-state index contributed by atoms with van der Waals surface area (Å²) in [5.41, 5.74) is -1.17. The van der Waals surface area contributed by atoms with Gasteiger partial charge in [0.2, 0.25) is 0 Å². The molecule has 6 nitrogen and oxygen atoms in total. The number of nitrogens with zero attached hydrogens (tertiary/aromatic N) is 1. The normalized spacial score (nSPS) is 12.1. The Morgan fingerprint density at radius 1 is 1.04 bits per heavy atom. The molecule has 0 fully saturated rings. The first kappa shape index (κ1) is 22.3. The standard InChI is InChI=1S/C17H17F4NO5/c1-3-26-12(23)5-6-22-8-10(17(25)27-4-2)16(24)9-7-11(18)14(20)15(21)13(9)19/h7-8,10H,3-6H2,1-2H3. The third-order valence-electron chi connectivity index (χ3n) is 3.20. The monoisotopic (exact) mass is 391 g/mol. The van der Waals surface area contributed by atoms with Gasteiger partial charge in [0.25, 0.3) is 0 Å². The highest BCUT2D eigenvalue weighted by Crippen LogP contribution is 2.21. The quantitative estimate of drug-likeness (QED) is 0.123. The summed E-state index contributed by atoms with van der Waals surface area (Å²) < 4.78 is 62.9. The van der Waals surface area contributed by atoms with E-state index in [0.717, 1.165) is 6.21 Å². The van der Waals surface area contributed by atoms with E-state index in [0.29, 0.717) is 0 Å². The number of ether oxygens (including phenoxy) is 2. The lowest BCUT2D eigenvalue weighted by Gasteiger charge is -2.12. The number of hydrogen-bond acceptors (Lipinski definition) is 6. The van der Waals surface area contributed by atoms with Gasteiger partial charge in [-0.3, -0.25) is 19.4 Å². The van der Waals surface area contributed by atoms with Gasteiger partial charge in [-0.2, -0.15) is 0 Å². The number of Topliss-reactive ketones (excluding diaryl/α,β-unsaturated/α-hetero) is 1. The Hall–Kier alpha value is -2.78. The van der Waals surface area contributed by atoms with Gasteiger partial charge in [-0.15, -0.1) is 0 Å². The molecule has 0 radical (unpaired) electrons. The molecule has 1 unspecified atom stereocenters. The number of carbonyl (C=O) groups is 3. The fraction of sp³-hybridized carbons (Fsp3) is 0.412. The molecule has 1 aromatic rings. The number of benzene rings is 1. The van der Waals surface area contributed by atoms with E-state index < -0.39 is 52.5 Å². The zero-order valence-corrected chi connectivity index (χ0v) is 14.6. The lowest BCUT2D eigenvalue weighted by molar-refractivity contribution is -0.144. The van der Waals surface area contributed by atoms with Crippen LogP contribution in [0, 0.1) is 29.2 Å². The maximum absolute atomic E-state index is 13.8. The zero-order chi connectivity index (χ0) is 20.6. The number of rotatable bonds is 9. The molecule has 0 aromatic heterocycles. The van der Waals surface area contributed by atoms with E-state index in [1.54, 1.807) is 6.92 Å². The van der Waals surface area contributed by atoms with Crippen molar-refractivity contribution in [2.45, 2.75) is 20.3 Å². The Morgan fingerprint density at radius 2 is 1.67 bits per heavy atom. The van der Waals surface area contributed by atoms with Crippen LogP contribution in [-0.4, -0.2) is 43.7 Å². The van der Waals surface area contributed by atoms with E-state index in [4.69, 9.17) is 0 Å². The molecule has 10 heteroatoms. The van der Waals surface area contributed by atoms with Crippen molar-refractivity contribution < 1.29 is 41.4 Å². The minimum Gasteiger partial charge on any atom is -0.466 e. The van der Waals surface area contributed by atoms with Crippen LogP contribution < -0.4 is 0 Å². The number of carbonyl (C=O) groups excluding carboxylic acids is 3. The van der Waals surface area contributed by atoms with Crippen molar-refractivity contribution in [2.24, 2.45) is 10.9 Å². The Morgan fingerprint density at radius 3 is 2.26 bits per heavy atom. The lowest BCUT2D eigenvalue weighted by atomic mass is 9.97. The summed E-state index contributed by atoms with van der Waals surface area (Å²) in [6, 6.07) is 0.148. The highest BCUT2D eigenvalue weighted by atomic mass is 19.2. The molecule has 148 valence electrons. The fourth-order valence-electron chi connectivity index (χ4n) is 1.96. The molecule has 0 aliphatic heterocycles. The van der Waals surface area contributed by atoms with Crippen LogP contribution >= 0.6 is 0 Å². The van der Waals surface area contributed by atoms with Gasteiger partial charge in [-0.25, -0.2) is 17.6 Å². The van der Waals surface area contributed by atoms with Crippen LogP contribution in [0.4, 0.5) is 17.6 Å². The number of halogens is 4. The molecule has 0 amide bonds. The number of ketones is 1. The third kappa shape index (κ3) is 5.87. The molecule has 0 N–H and O–H groups in total. The average molecular weight is 391 g/mol. The summed E-state index contributed by atoms with van der Waals surface area (Å²) in [6.07, 6.45) is 0.625. The van der Waals surface area contributed by atoms with E-state index in [1.807, 2.05) is 0 Å². The first-order valence-electron chi connectivity index (χ1n) is 7.93. The molecule has 1 rings (SSSR count). The van der Waals surface area contributed by atoms with Gasteiger partial charge in [-0.05, 0) is 19.9 Å². The molecule has 27 heavy (non-hydrogen) atoms. The number of esters is 2. The van der Waals surface area contributed by atoms with Crippen LogP contribution in [-0.2, 0) is 19.1 Å². The van der Waals surface area contributed by atoms with Crippen LogP contribution in [0.5, 0.6) is 0 Å². The molecule has 0 aliphatic carbocycles. The van der Waals surface area contributed by atoms with Crippen molar-refractivity contribution in [3.8, 4) is 0 Å². The molecule has 0 spiro atoms. The highest BCUT2D eigenvalue weighted by Gasteiger charge is 2.32. The molecular weight excluding hydrogens is 374 g/mol. The largest absolute Gasteiger partial charge is 0.466 e. The third-order valence-corrected chi connectivity index (χ3v) is 3.20. The second-order valence-corrected chi connectivity index (χ2v) is 5.05. The molecule has 0 heterocycles. The first-order valence-corrected chi connectivity index (χ1v) is 7.93. The van der Waals surface area contributed by atoms with Crippen molar-refractivity contribution in [1.29, 1.82) is 0 Å². The van der Waals surface area contributed by atoms with Crippen molar-refractivity contribution in [2.75, 3.05) is 19.8 Å². The van der Waals surface area contributed by atoms with E-state index in [1.165, 1.54) is 6.92 Å². The Bertz CT molecular complexity index is 751. The first-order chi connectivity index (χ1) is 12.7. The van der Waals surface area contributed by atoms with Gasteiger partial charge >= 0.3 is 11.9 Å². The maximum Gasteiger partial charge on any atom is 0.322 e. The topological polar surface area (TPSA) is 82.0 Å². The van der Waals surface area contributed by atoms with Crippen LogP contribution in [0.3, 0.4) is 0 Å². The van der Waals surface area contributed by atoms with E-state index in [-0.39, 0.29) is 32.2 Å². The molecular formula is C17H17F4NO5. The summed E-state index contributed by atoms with van der Waals surface area (Å²) in [6.45, 7) is 2.92. The van der Waals surface area contributed by atoms with Gasteiger partial charge < -0.3 is 9.47 Å². The smallest absolute Gasteiger partial charge is 0.322 e. The Kier molecular flexibility index (Phi) is 8.57. The zero-order valence-electron chi connectivity index (χ0n) is 14.6. The Balaban J connectivity index is 3.09. The van der Waals surface area contributed by atoms with E-state index in [9.17, 15) is 31.9 Å². The molecule has 0 saturated carbocycles. The van der Waals surface area contributed by atoms with Gasteiger partial charge in [0.05, 0.1) is 25.2 Å². The average Bonchev–Trinajstić information content (AvgIpc) is 2.62. The SMILES string of the molecule is CCOC(=O)CCN=CC(C(=O)OCC)C(=O)c1cc(F)c(F)c(F)c1F. The summed E-state index contributed by atoms with van der Waals surface area (Å²) in [5, 5.41) is 0. The molecule has 1 atom stereocenters. The lowest BCUT2D eigenvalue weighted by Crippen LogP contribution is -2.29. The molecule has 0 saturated heterocycles. The highest BCUT2D eigenvalue weighted by molar-refractivity contribution is 6.18. The van der Waals surface area contributed by atoms with Crippen LogP contribution in [0.2, 0.25) is 0 Å². The Labute approximate surface area is 152 Å². The van der Waals surface area contributed by atoms with Crippen LogP contribution in [0.15, 0.2) is 11.1 Å². The van der Waals surface area contributed by atoms with Crippen LogP contribution in [0.1, 0.15) is 30.6 Å².